The molecule has 0 aliphatic carbocycles. The molecule has 0 unspecified atom stereocenters. The minimum absolute atomic E-state index is 0. The Morgan fingerprint density at radius 2 is 1.87 bits per heavy atom. The molecule has 23 heavy (non-hydrogen) atoms. The van der Waals surface area contributed by atoms with E-state index in [1.807, 2.05) is 41.9 Å². The highest BCUT2D eigenvalue weighted by molar-refractivity contribution is 5.70. The third-order valence-corrected chi connectivity index (χ3v) is 3.54. The van der Waals surface area contributed by atoms with Crippen LogP contribution in [0.3, 0.4) is 0 Å². The summed E-state index contributed by atoms with van der Waals surface area (Å²) in [6, 6.07) is 13.8. The number of amides is 1. The summed E-state index contributed by atoms with van der Waals surface area (Å²) in [5.41, 5.74) is 3.18. The summed E-state index contributed by atoms with van der Waals surface area (Å²) in [5, 5.41) is 0. The van der Waals surface area contributed by atoms with E-state index in [1.165, 1.54) is 4.90 Å². The van der Waals surface area contributed by atoms with Crippen LogP contribution in [0, 0.1) is 0 Å². The minimum atomic E-state index is -0.387. The van der Waals surface area contributed by atoms with Crippen LogP contribution in [-0.4, -0.2) is 29.7 Å². The Morgan fingerprint density at radius 3 is 2.52 bits per heavy atom. The average molecular weight is 423 g/mol. The van der Waals surface area contributed by atoms with Crippen molar-refractivity contribution in [2.24, 2.45) is 7.05 Å². The standard InChI is InChI=1S/C17H18N3O2.HI/c1-18(2)17(21)22-14-9-10-20-12-15(19(3)16(20)11-14)13-7-5-4-6-8-13;/h4-12H,1-3H3;1H/q+1;/p-1. The van der Waals surface area contributed by atoms with Crippen LogP contribution in [0.4, 0.5) is 4.79 Å². The maximum atomic E-state index is 11.7. The van der Waals surface area contributed by atoms with Gasteiger partial charge in [0.25, 0.3) is 5.65 Å². The fourth-order valence-electron chi connectivity index (χ4n) is 2.33. The van der Waals surface area contributed by atoms with Crippen LogP contribution in [0.1, 0.15) is 0 Å². The van der Waals surface area contributed by atoms with Gasteiger partial charge in [0.2, 0.25) is 0 Å². The van der Waals surface area contributed by atoms with Gasteiger partial charge in [-0.05, 0) is 0 Å². The molecule has 6 heteroatoms. The molecule has 3 rings (SSSR count). The number of carbonyl (C=O) groups is 1. The van der Waals surface area contributed by atoms with E-state index in [-0.39, 0.29) is 30.1 Å². The molecule has 0 aliphatic heterocycles. The zero-order valence-corrected chi connectivity index (χ0v) is 15.4. The number of halogens is 1. The summed E-state index contributed by atoms with van der Waals surface area (Å²) in [7, 11) is 5.31. The van der Waals surface area contributed by atoms with E-state index in [0.717, 1.165) is 16.9 Å². The van der Waals surface area contributed by atoms with Crippen molar-refractivity contribution < 1.29 is 37.9 Å². The van der Waals surface area contributed by atoms with Gasteiger partial charge in [-0.25, -0.2) is 13.8 Å². The molecule has 0 saturated carbocycles. The summed E-state index contributed by atoms with van der Waals surface area (Å²) < 4.78 is 9.40. The fraction of sp³-hybridized carbons (Fsp3) is 0.176. The van der Waals surface area contributed by atoms with Crippen molar-refractivity contribution in [3.8, 4) is 17.0 Å². The number of hydrogen-bond donors (Lipinski definition) is 0. The van der Waals surface area contributed by atoms with E-state index in [1.54, 1.807) is 20.2 Å². The molecule has 5 nitrogen and oxygen atoms in total. The number of imidazole rings is 1. The largest absolute Gasteiger partial charge is 1.00 e. The van der Waals surface area contributed by atoms with Gasteiger partial charge in [-0.1, -0.05) is 30.3 Å². The second-order valence-corrected chi connectivity index (χ2v) is 5.33. The van der Waals surface area contributed by atoms with E-state index < -0.39 is 0 Å². The van der Waals surface area contributed by atoms with Gasteiger partial charge in [0.15, 0.2) is 5.69 Å². The fourth-order valence-corrected chi connectivity index (χ4v) is 2.33. The summed E-state index contributed by atoms with van der Waals surface area (Å²) >= 11 is 0. The van der Waals surface area contributed by atoms with Crippen LogP contribution in [0.15, 0.2) is 54.9 Å². The summed E-state index contributed by atoms with van der Waals surface area (Å²) in [6.45, 7) is 0. The highest BCUT2D eigenvalue weighted by Gasteiger charge is 2.17. The van der Waals surface area contributed by atoms with Gasteiger partial charge >= 0.3 is 6.09 Å². The van der Waals surface area contributed by atoms with E-state index in [9.17, 15) is 4.79 Å². The number of ether oxygens (including phenoxy) is 1. The summed E-state index contributed by atoms with van der Waals surface area (Å²) in [5.74, 6) is 0.527. The van der Waals surface area contributed by atoms with Crippen molar-refractivity contribution >= 4 is 11.7 Å². The third kappa shape index (κ3) is 3.47. The Labute approximate surface area is 152 Å². The van der Waals surface area contributed by atoms with Crippen molar-refractivity contribution in [2.45, 2.75) is 0 Å². The Hall–Kier alpha value is -2.09. The molecule has 1 amide bonds. The quantitative estimate of drug-likeness (QED) is 0.412. The lowest BCUT2D eigenvalue weighted by atomic mass is 10.2. The molecule has 2 heterocycles. The maximum Gasteiger partial charge on any atom is 0.414 e. The number of benzene rings is 1. The topological polar surface area (TPSA) is 38.6 Å². The Kier molecular flexibility index (Phi) is 5.25. The molecule has 0 atom stereocenters. The van der Waals surface area contributed by atoms with Crippen LogP contribution in [0.2, 0.25) is 0 Å². The number of rotatable bonds is 2. The van der Waals surface area contributed by atoms with Crippen molar-refractivity contribution in [3.63, 3.8) is 0 Å². The molecule has 3 aromatic rings. The molecule has 0 saturated heterocycles. The van der Waals surface area contributed by atoms with E-state index >= 15 is 0 Å². The van der Waals surface area contributed by atoms with Gasteiger partial charge in [-0.2, -0.15) is 0 Å². The normalized spacial score (nSPS) is 10.2. The van der Waals surface area contributed by atoms with Crippen molar-refractivity contribution in [3.05, 3.63) is 54.9 Å². The predicted molar refractivity (Wildman–Crippen MR) is 83.7 cm³/mol. The first-order valence-corrected chi connectivity index (χ1v) is 7.01. The predicted octanol–water partition coefficient (Wildman–Crippen LogP) is -0.505. The van der Waals surface area contributed by atoms with Crippen LogP contribution in [0.25, 0.3) is 16.9 Å². The minimum Gasteiger partial charge on any atom is -1.00 e. The number of fused-ring (bicyclic) bond motifs is 1. The number of hydrogen-bond acceptors (Lipinski definition) is 2. The average Bonchev–Trinajstić information content (AvgIpc) is 2.85. The van der Waals surface area contributed by atoms with Crippen LogP contribution < -0.4 is 33.1 Å². The number of pyridine rings is 1. The molecule has 0 spiro atoms. The Morgan fingerprint density at radius 1 is 1.17 bits per heavy atom. The molecule has 0 aliphatic rings. The lowest BCUT2D eigenvalue weighted by Gasteiger charge is -2.09. The zero-order chi connectivity index (χ0) is 15.7. The second kappa shape index (κ2) is 6.99. The van der Waals surface area contributed by atoms with Crippen LogP contribution >= 0.6 is 0 Å². The van der Waals surface area contributed by atoms with E-state index in [2.05, 4.69) is 22.9 Å². The van der Waals surface area contributed by atoms with Crippen LogP contribution in [0.5, 0.6) is 5.75 Å². The molecule has 120 valence electrons. The van der Waals surface area contributed by atoms with Crippen molar-refractivity contribution in [1.82, 2.24) is 9.47 Å². The first-order chi connectivity index (χ1) is 10.6. The molecule has 0 fully saturated rings. The first-order valence-electron chi connectivity index (χ1n) is 7.01. The lowest BCUT2D eigenvalue weighted by Crippen LogP contribution is -3.00. The first kappa shape index (κ1) is 17.3. The number of aryl methyl sites for hydroxylation is 1. The van der Waals surface area contributed by atoms with Crippen molar-refractivity contribution in [2.75, 3.05) is 14.1 Å². The van der Waals surface area contributed by atoms with Crippen molar-refractivity contribution in [1.29, 1.82) is 0 Å². The molecular formula is C17H18IN3O2. The summed E-state index contributed by atoms with van der Waals surface area (Å²) in [4.78, 5) is 13.1. The molecule has 0 N–H and O–H groups in total. The van der Waals surface area contributed by atoms with Crippen LogP contribution in [-0.2, 0) is 7.05 Å². The number of carbonyl (C=O) groups excluding carboxylic acids is 1. The number of nitrogens with zero attached hydrogens (tertiary/aromatic N) is 3. The van der Waals surface area contributed by atoms with Gasteiger partial charge in [-0.3, -0.25) is 0 Å². The van der Waals surface area contributed by atoms with Gasteiger partial charge in [0.1, 0.15) is 11.9 Å². The monoisotopic (exact) mass is 423 g/mol. The number of aromatic nitrogens is 2. The molecule has 0 radical (unpaired) electrons. The maximum absolute atomic E-state index is 11.7. The lowest BCUT2D eigenvalue weighted by molar-refractivity contribution is -0.510. The molecular weight excluding hydrogens is 405 g/mol. The Balaban J connectivity index is 0.00000192. The zero-order valence-electron chi connectivity index (χ0n) is 13.2. The summed E-state index contributed by atoms with van der Waals surface area (Å²) in [6.07, 6.45) is 3.56. The highest BCUT2D eigenvalue weighted by atomic mass is 127. The van der Waals surface area contributed by atoms with E-state index in [4.69, 9.17) is 4.74 Å². The molecule has 1 aromatic carbocycles. The third-order valence-electron chi connectivity index (χ3n) is 3.54. The molecule has 2 aromatic heterocycles. The SMILES string of the molecule is CN(C)C(=O)Oc1cc[n+]2cc(-c3ccccc3)n(C)c2c1.[I-]. The molecule has 0 bridgehead atoms. The van der Waals surface area contributed by atoms with E-state index in [0.29, 0.717) is 5.75 Å². The van der Waals surface area contributed by atoms with Gasteiger partial charge in [0, 0.05) is 25.7 Å². The van der Waals surface area contributed by atoms with Gasteiger partial charge in [-0.15, -0.1) is 0 Å². The highest BCUT2D eigenvalue weighted by Crippen LogP contribution is 2.21. The Bertz CT molecular complexity index is 828. The smallest absolute Gasteiger partial charge is 0.414 e. The van der Waals surface area contributed by atoms with Gasteiger partial charge in [0.05, 0.1) is 19.3 Å². The van der Waals surface area contributed by atoms with Gasteiger partial charge < -0.3 is 33.6 Å². The second-order valence-electron chi connectivity index (χ2n) is 5.33.